The molecule has 18 heavy (non-hydrogen) atoms. The van der Waals surface area contributed by atoms with E-state index in [4.69, 9.17) is 10.5 Å². The molecule has 6 heteroatoms. The van der Waals surface area contributed by atoms with Gasteiger partial charge in [-0.3, -0.25) is 0 Å². The first kappa shape index (κ1) is 14.8. The Morgan fingerprint density at radius 3 is 2.56 bits per heavy atom. The lowest BCUT2D eigenvalue weighted by atomic mass is 10.1. The zero-order valence-electron chi connectivity index (χ0n) is 9.88. The van der Waals surface area contributed by atoms with Gasteiger partial charge in [-0.1, -0.05) is 25.6 Å². The second-order valence-electron chi connectivity index (χ2n) is 3.77. The van der Waals surface area contributed by atoms with Crippen LogP contribution in [0.2, 0.25) is 0 Å². The Morgan fingerprint density at radius 1 is 1.39 bits per heavy atom. The van der Waals surface area contributed by atoms with Crippen molar-refractivity contribution in [3.05, 3.63) is 29.3 Å². The number of alkyl halides is 3. The summed E-state index contributed by atoms with van der Waals surface area (Å²) >= 11 is 4.64. The van der Waals surface area contributed by atoms with Crippen LogP contribution in [-0.4, -0.2) is 11.6 Å². The molecule has 0 saturated carbocycles. The first-order valence-electron chi connectivity index (χ1n) is 5.50. The normalized spacial score (nSPS) is 11.3. The highest BCUT2D eigenvalue weighted by atomic mass is 32.1. The van der Waals surface area contributed by atoms with Crippen molar-refractivity contribution in [2.24, 2.45) is 5.73 Å². The molecule has 0 heterocycles. The summed E-state index contributed by atoms with van der Waals surface area (Å²) in [6, 6.07) is 3.46. The Bertz CT molecular complexity index is 432. The van der Waals surface area contributed by atoms with Crippen molar-refractivity contribution >= 4 is 17.2 Å². The Hall–Kier alpha value is -1.30. The van der Waals surface area contributed by atoms with Gasteiger partial charge in [0.1, 0.15) is 10.7 Å². The van der Waals surface area contributed by atoms with Gasteiger partial charge in [-0.2, -0.15) is 13.2 Å². The van der Waals surface area contributed by atoms with Crippen LogP contribution in [0.15, 0.2) is 18.2 Å². The molecule has 100 valence electrons. The van der Waals surface area contributed by atoms with Gasteiger partial charge >= 0.3 is 6.18 Å². The maximum atomic E-state index is 12.7. The van der Waals surface area contributed by atoms with E-state index in [-0.39, 0.29) is 10.6 Å². The molecule has 0 aliphatic heterocycles. The van der Waals surface area contributed by atoms with Gasteiger partial charge in [-0.15, -0.1) is 0 Å². The van der Waals surface area contributed by atoms with Gasteiger partial charge in [0.05, 0.1) is 12.2 Å². The largest absolute Gasteiger partial charge is 0.494 e. The summed E-state index contributed by atoms with van der Waals surface area (Å²) in [6.07, 6.45) is -2.69. The van der Waals surface area contributed by atoms with Gasteiger partial charge in [0.25, 0.3) is 0 Å². The molecule has 0 saturated heterocycles. The molecule has 0 amide bonds. The second kappa shape index (κ2) is 6.04. The van der Waals surface area contributed by atoms with Crippen LogP contribution in [0.25, 0.3) is 0 Å². The zero-order chi connectivity index (χ0) is 13.8. The number of thiocarbonyl (C=S) groups is 1. The summed E-state index contributed by atoms with van der Waals surface area (Å²) in [5.74, 6) is 0.347. The van der Waals surface area contributed by atoms with E-state index in [1.807, 2.05) is 6.92 Å². The van der Waals surface area contributed by atoms with E-state index in [0.717, 1.165) is 18.9 Å². The quantitative estimate of drug-likeness (QED) is 0.660. The fraction of sp³-hybridized carbons (Fsp3) is 0.417. The Labute approximate surface area is 109 Å². The molecule has 0 radical (unpaired) electrons. The third kappa shape index (κ3) is 3.87. The van der Waals surface area contributed by atoms with Gasteiger partial charge in [-0.05, 0) is 24.6 Å². The van der Waals surface area contributed by atoms with Crippen molar-refractivity contribution in [1.29, 1.82) is 0 Å². The van der Waals surface area contributed by atoms with E-state index in [2.05, 4.69) is 12.2 Å². The second-order valence-corrected chi connectivity index (χ2v) is 4.21. The molecule has 0 fully saturated rings. The van der Waals surface area contributed by atoms with Crippen LogP contribution < -0.4 is 10.5 Å². The molecule has 0 bridgehead atoms. The number of nitrogens with two attached hydrogens (primary N) is 1. The Kier molecular flexibility index (Phi) is 4.95. The number of hydrogen-bond donors (Lipinski definition) is 1. The Morgan fingerprint density at radius 2 is 2.06 bits per heavy atom. The molecule has 0 unspecified atom stereocenters. The van der Waals surface area contributed by atoms with E-state index in [0.29, 0.717) is 12.4 Å². The van der Waals surface area contributed by atoms with Crippen LogP contribution in [0.4, 0.5) is 13.2 Å². The lowest BCUT2D eigenvalue weighted by molar-refractivity contribution is -0.137. The smallest absolute Gasteiger partial charge is 0.417 e. The lowest BCUT2D eigenvalue weighted by Crippen LogP contribution is -2.18. The van der Waals surface area contributed by atoms with E-state index >= 15 is 0 Å². The predicted molar refractivity (Wildman–Crippen MR) is 67.7 cm³/mol. The molecule has 0 aliphatic rings. The maximum absolute atomic E-state index is 12.7. The molecule has 0 aliphatic carbocycles. The third-order valence-corrected chi connectivity index (χ3v) is 2.55. The average Bonchev–Trinajstić information content (AvgIpc) is 2.27. The molecule has 0 spiro atoms. The van der Waals surface area contributed by atoms with E-state index in [1.165, 1.54) is 12.1 Å². The van der Waals surface area contributed by atoms with Gasteiger partial charge in [0.2, 0.25) is 0 Å². The minimum atomic E-state index is -4.47. The predicted octanol–water partition coefficient (Wildman–Crippen LogP) is 3.52. The first-order chi connectivity index (χ1) is 8.36. The van der Waals surface area contributed by atoms with Crippen LogP contribution >= 0.6 is 12.2 Å². The summed E-state index contributed by atoms with van der Waals surface area (Å²) in [7, 11) is 0. The monoisotopic (exact) mass is 277 g/mol. The number of halogens is 3. The summed E-state index contributed by atoms with van der Waals surface area (Å²) in [6.45, 7) is 2.45. The lowest BCUT2D eigenvalue weighted by Gasteiger charge is -2.14. The van der Waals surface area contributed by atoms with E-state index < -0.39 is 11.7 Å². The molecule has 2 nitrogen and oxygen atoms in total. The van der Waals surface area contributed by atoms with Crippen LogP contribution in [0.1, 0.15) is 30.9 Å². The van der Waals surface area contributed by atoms with Gasteiger partial charge in [0.15, 0.2) is 0 Å². The summed E-state index contributed by atoms with van der Waals surface area (Å²) < 4.78 is 43.4. The number of rotatable bonds is 5. The van der Waals surface area contributed by atoms with Crippen LogP contribution in [0, 0.1) is 0 Å². The van der Waals surface area contributed by atoms with Crippen molar-refractivity contribution in [1.82, 2.24) is 0 Å². The maximum Gasteiger partial charge on any atom is 0.417 e. The first-order valence-corrected chi connectivity index (χ1v) is 5.91. The fourth-order valence-corrected chi connectivity index (χ4v) is 1.57. The van der Waals surface area contributed by atoms with Gasteiger partial charge < -0.3 is 10.5 Å². The average molecular weight is 277 g/mol. The Balaban J connectivity index is 3.01. The number of unbranched alkanes of at least 4 members (excludes halogenated alkanes) is 1. The summed E-state index contributed by atoms with van der Waals surface area (Å²) in [5, 5.41) is 0. The minimum Gasteiger partial charge on any atom is -0.494 e. The van der Waals surface area contributed by atoms with E-state index in [1.54, 1.807) is 0 Å². The molecule has 2 N–H and O–H groups in total. The number of ether oxygens (including phenoxy) is 1. The molecular weight excluding hydrogens is 263 g/mol. The molecular formula is C12H14F3NOS. The van der Waals surface area contributed by atoms with Crippen LogP contribution in [-0.2, 0) is 6.18 Å². The fourth-order valence-electron chi connectivity index (χ4n) is 1.40. The molecule has 1 aromatic rings. The highest BCUT2D eigenvalue weighted by Crippen LogP contribution is 2.33. The van der Waals surface area contributed by atoms with Crippen molar-refractivity contribution < 1.29 is 17.9 Å². The van der Waals surface area contributed by atoms with E-state index in [9.17, 15) is 13.2 Å². The number of hydrogen-bond acceptors (Lipinski definition) is 2. The van der Waals surface area contributed by atoms with Crippen molar-refractivity contribution in [2.75, 3.05) is 6.61 Å². The molecule has 1 rings (SSSR count). The van der Waals surface area contributed by atoms with Crippen molar-refractivity contribution in [2.45, 2.75) is 25.9 Å². The van der Waals surface area contributed by atoms with Crippen molar-refractivity contribution in [3.63, 3.8) is 0 Å². The third-order valence-electron chi connectivity index (χ3n) is 2.33. The highest BCUT2D eigenvalue weighted by molar-refractivity contribution is 7.80. The SMILES string of the molecule is CCCCOc1ccc(C(F)(F)F)c(C(N)=S)c1. The molecule has 0 atom stereocenters. The molecule has 0 aromatic heterocycles. The van der Waals surface area contributed by atoms with Crippen LogP contribution in [0.5, 0.6) is 5.75 Å². The van der Waals surface area contributed by atoms with Gasteiger partial charge in [0, 0.05) is 5.56 Å². The topological polar surface area (TPSA) is 35.2 Å². The summed E-state index contributed by atoms with van der Waals surface area (Å²) in [4.78, 5) is -0.289. The molecule has 1 aromatic carbocycles. The van der Waals surface area contributed by atoms with Crippen LogP contribution in [0.3, 0.4) is 0 Å². The summed E-state index contributed by atoms with van der Waals surface area (Å²) in [5.41, 5.74) is 4.27. The standard InChI is InChI=1S/C12H14F3NOS/c1-2-3-6-17-8-4-5-10(12(13,14)15)9(7-8)11(16)18/h4-5,7H,2-3,6H2,1H3,(H2,16,18). The van der Waals surface area contributed by atoms with Crippen molar-refractivity contribution in [3.8, 4) is 5.75 Å². The minimum absolute atomic E-state index is 0.202. The number of benzene rings is 1. The van der Waals surface area contributed by atoms with Gasteiger partial charge in [-0.25, -0.2) is 0 Å². The zero-order valence-corrected chi connectivity index (χ0v) is 10.7. The highest BCUT2D eigenvalue weighted by Gasteiger charge is 2.34.